The molecule has 2 heterocycles. The largest absolute Gasteiger partial charge is 0.457 e. The smallest absolute Gasteiger partial charge is 0.326 e. The zero-order valence-corrected chi connectivity index (χ0v) is 13.2. The predicted octanol–water partition coefficient (Wildman–Crippen LogP) is 0.736. The Morgan fingerprint density at radius 2 is 2.00 bits per heavy atom. The van der Waals surface area contributed by atoms with E-state index in [1.807, 2.05) is 6.92 Å². The number of ether oxygens (including phenoxy) is 1. The van der Waals surface area contributed by atoms with Crippen LogP contribution in [0.15, 0.2) is 0 Å². The maximum absolute atomic E-state index is 12.1. The summed E-state index contributed by atoms with van der Waals surface area (Å²) in [5.41, 5.74) is 0. The third-order valence-corrected chi connectivity index (χ3v) is 4.11. The molecule has 0 radical (unpaired) electrons. The second kappa shape index (κ2) is 8.00. The molecule has 2 aliphatic rings. The first-order valence-electron chi connectivity index (χ1n) is 8.10. The van der Waals surface area contributed by atoms with Crippen LogP contribution >= 0.6 is 0 Å². The Morgan fingerprint density at radius 3 is 2.77 bits per heavy atom. The lowest BCUT2D eigenvalue weighted by Gasteiger charge is -2.32. The molecule has 0 aromatic rings. The van der Waals surface area contributed by atoms with Gasteiger partial charge in [0.25, 0.3) is 0 Å². The first-order chi connectivity index (χ1) is 10.6. The van der Waals surface area contributed by atoms with Gasteiger partial charge in [-0.15, -0.1) is 0 Å². The number of nitrogens with one attached hydrogen (secondary N) is 1. The fraction of sp³-hybridized carbons (Fsp3) is 0.800. The summed E-state index contributed by atoms with van der Waals surface area (Å²) >= 11 is 0. The highest BCUT2D eigenvalue weighted by Crippen LogP contribution is 2.12. The molecule has 0 aromatic heterocycles. The normalized spacial score (nSPS) is 23.6. The first-order valence-corrected chi connectivity index (χ1v) is 8.10. The summed E-state index contributed by atoms with van der Waals surface area (Å²) in [5, 5.41) is 2.70. The van der Waals surface area contributed by atoms with Crippen molar-refractivity contribution in [1.29, 1.82) is 0 Å². The number of carbonyl (C=O) groups excluding carboxylic acids is 3. The summed E-state index contributed by atoms with van der Waals surface area (Å²) in [4.78, 5) is 38.7. The van der Waals surface area contributed by atoms with Crippen LogP contribution in [0.1, 0.15) is 39.0 Å². The van der Waals surface area contributed by atoms with E-state index in [1.165, 1.54) is 0 Å². The molecule has 0 aromatic carbocycles. The van der Waals surface area contributed by atoms with Crippen molar-refractivity contribution in [2.75, 3.05) is 32.7 Å². The van der Waals surface area contributed by atoms with Gasteiger partial charge in [0.05, 0.1) is 13.1 Å². The standard InChI is InChI=1S/C15H25N3O4/c1-2-17-10-12(9-16-15(17)21)22-14(20)11-18-8-6-4-3-5-7-13(18)19/h12H,2-11H2,1H3,(H,16,21). The number of likely N-dealkylation sites (N-methyl/N-ethyl adjacent to an activating group) is 1. The molecule has 0 saturated carbocycles. The maximum Gasteiger partial charge on any atom is 0.326 e. The topological polar surface area (TPSA) is 79.0 Å². The van der Waals surface area contributed by atoms with Gasteiger partial charge in [0.2, 0.25) is 5.91 Å². The number of amides is 3. The van der Waals surface area contributed by atoms with Gasteiger partial charge in [-0.2, -0.15) is 0 Å². The van der Waals surface area contributed by atoms with Crippen LogP contribution < -0.4 is 5.32 Å². The SMILES string of the molecule is CCN1CC(OC(=O)CN2CCCCCCC2=O)CNC1=O. The summed E-state index contributed by atoms with van der Waals surface area (Å²) in [6.07, 6.45) is 4.16. The minimum atomic E-state index is -0.397. The summed E-state index contributed by atoms with van der Waals surface area (Å²) in [6.45, 7) is 3.82. The van der Waals surface area contributed by atoms with E-state index in [1.54, 1.807) is 9.80 Å². The maximum atomic E-state index is 12.1. The average molecular weight is 311 g/mol. The molecule has 3 amide bonds. The Bertz CT molecular complexity index is 427. The highest BCUT2D eigenvalue weighted by molar-refractivity contribution is 5.82. The Labute approximate surface area is 131 Å². The molecule has 7 nitrogen and oxygen atoms in total. The predicted molar refractivity (Wildman–Crippen MR) is 80.2 cm³/mol. The number of hydrogen-bond donors (Lipinski definition) is 1. The number of carbonyl (C=O) groups is 3. The first kappa shape index (κ1) is 16.6. The third-order valence-electron chi connectivity index (χ3n) is 4.11. The number of rotatable bonds is 4. The molecule has 1 atom stereocenters. The molecule has 0 spiro atoms. The van der Waals surface area contributed by atoms with Crippen LogP contribution in [-0.2, 0) is 14.3 Å². The van der Waals surface area contributed by atoms with Crippen LogP contribution in [0, 0.1) is 0 Å². The number of esters is 1. The van der Waals surface area contributed by atoms with Gasteiger partial charge in [0.1, 0.15) is 12.6 Å². The molecule has 0 bridgehead atoms. The monoisotopic (exact) mass is 311 g/mol. The minimum Gasteiger partial charge on any atom is -0.457 e. The van der Waals surface area contributed by atoms with Crippen molar-refractivity contribution in [2.45, 2.75) is 45.1 Å². The van der Waals surface area contributed by atoms with E-state index in [9.17, 15) is 14.4 Å². The molecule has 1 unspecified atom stereocenters. The summed E-state index contributed by atoms with van der Waals surface area (Å²) in [6, 6.07) is -0.131. The van der Waals surface area contributed by atoms with Crippen LogP contribution in [0.5, 0.6) is 0 Å². The molecule has 2 aliphatic heterocycles. The van der Waals surface area contributed by atoms with Gasteiger partial charge >= 0.3 is 12.0 Å². The second-order valence-electron chi connectivity index (χ2n) is 5.82. The van der Waals surface area contributed by atoms with Crippen LogP contribution in [0.25, 0.3) is 0 Å². The number of urea groups is 1. The molecule has 22 heavy (non-hydrogen) atoms. The molecule has 0 aliphatic carbocycles. The van der Waals surface area contributed by atoms with Crippen molar-refractivity contribution in [1.82, 2.24) is 15.1 Å². The van der Waals surface area contributed by atoms with E-state index >= 15 is 0 Å². The second-order valence-corrected chi connectivity index (χ2v) is 5.82. The zero-order valence-electron chi connectivity index (χ0n) is 13.2. The highest BCUT2D eigenvalue weighted by atomic mass is 16.5. The lowest BCUT2D eigenvalue weighted by molar-refractivity contribution is -0.154. The van der Waals surface area contributed by atoms with Crippen molar-refractivity contribution in [3.8, 4) is 0 Å². The van der Waals surface area contributed by atoms with Gasteiger partial charge in [-0.3, -0.25) is 9.59 Å². The summed E-state index contributed by atoms with van der Waals surface area (Å²) < 4.78 is 5.41. The van der Waals surface area contributed by atoms with Crippen molar-refractivity contribution >= 4 is 17.9 Å². The molecule has 2 fully saturated rings. The van der Waals surface area contributed by atoms with Gasteiger partial charge in [0, 0.05) is 19.5 Å². The number of likely N-dealkylation sites (tertiary alicyclic amines) is 1. The fourth-order valence-corrected chi connectivity index (χ4v) is 2.82. The fourth-order valence-electron chi connectivity index (χ4n) is 2.82. The summed E-state index contributed by atoms with van der Waals surface area (Å²) in [5.74, 6) is -0.366. The molecular weight excluding hydrogens is 286 g/mol. The molecule has 2 rings (SSSR count). The van der Waals surface area contributed by atoms with E-state index in [-0.39, 0.29) is 24.6 Å². The Kier molecular flexibility index (Phi) is 6.03. The molecule has 7 heteroatoms. The lowest BCUT2D eigenvalue weighted by Crippen LogP contribution is -2.55. The van der Waals surface area contributed by atoms with E-state index in [2.05, 4.69) is 5.32 Å². The molecular formula is C15H25N3O4. The molecule has 124 valence electrons. The van der Waals surface area contributed by atoms with Crippen molar-refractivity contribution in [3.05, 3.63) is 0 Å². The van der Waals surface area contributed by atoms with Gasteiger partial charge in [-0.25, -0.2) is 4.79 Å². The average Bonchev–Trinajstić information content (AvgIpc) is 2.49. The van der Waals surface area contributed by atoms with E-state index in [0.717, 1.165) is 25.7 Å². The molecule has 1 N–H and O–H groups in total. The lowest BCUT2D eigenvalue weighted by atomic mass is 10.1. The summed E-state index contributed by atoms with van der Waals surface area (Å²) in [7, 11) is 0. The van der Waals surface area contributed by atoms with E-state index in [4.69, 9.17) is 4.74 Å². The van der Waals surface area contributed by atoms with Crippen LogP contribution in [0.2, 0.25) is 0 Å². The quantitative estimate of drug-likeness (QED) is 0.777. The van der Waals surface area contributed by atoms with Crippen LogP contribution in [0.3, 0.4) is 0 Å². The van der Waals surface area contributed by atoms with Crippen LogP contribution in [-0.4, -0.2) is 66.5 Å². The van der Waals surface area contributed by atoms with Gasteiger partial charge < -0.3 is 19.9 Å². The molecule has 2 saturated heterocycles. The van der Waals surface area contributed by atoms with Gasteiger partial charge in [-0.05, 0) is 19.8 Å². The Morgan fingerprint density at radius 1 is 1.23 bits per heavy atom. The van der Waals surface area contributed by atoms with Gasteiger partial charge in [0.15, 0.2) is 0 Å². The Hall–Kier alpha value is -1.79. The van der Waals surface area contributed by atoms with Gasteiger partial charge in [-0.1, -0.05) is 12.8 Å². The van der Waals surface area contributed by atoms with E-state index in [0.29, 0.717) is 32.6 Å². The van der Waals surface area contributed by atoms with Crippen molar-refractivity contribution in [2.24, 2.45) is 0 Å². The number of hydrogen-bond acceptors (Lipinski definition) is 4. The zero-order chi connectivity index (χ0) is 15.9. The number of nitrogens with zero attached hydrogens (tertiary/aromatic N) is 2. The third kappa shape index (κ3) is 4.61. The van der Waals surface area contributed by atoms with Crippen molar-refractivity contribution in [3.63, 3.8) is 0 Å². The van der Waals surface area contributed by atoms with Crippen molar-refractivity contribution < 1.29 is 19.1 Å². The van der Waals surface area contributed by atoms with Crippen LogP contribution in [0.4, 0.5) is 4.79 Å². The van der Waals surface area contributed by atoms with E-state index < -0.39 is 5.97 Å². The minimum absolute atomic E-state index is 0.00933. The highest BCUT2D eigenvalue weighted by Gasteiger charge is 2.27. The Balaban J connectivity index is 1.81.